The largest absolute Gasteiger partial charge is 0.391 e. The fourth-order valence-corrected chi connectivity index (χ4v) is 2.44. The zero-order valence-corrected chi connectivity index (χ0v) is 12.5. The number of amides is 2. The Morgan fingerprint density at radius 3 is 2.70 bits per heavy atom. The number of thiophene rings is 1. The summed E-state index contributed by atoms with van der Waals surface area (Å²) in [5.74, 6) is 0.0678. The van der Waals surface area contributed by atoms with E-state index in [0.29, 0.717) is 9.88 Å². The van der Waals surface area contributed by atoms with Gasteiger partial charge in [-0.3, -0.25) is 9.59 Å². The summed E-state index contributed by atoms with van der Waals surface area (Å²) < 4.78 is 0. The monoisotopic (exact) mass is 296 g/mol. The van der Waals surface area contributed by atoms with Gasteiger partial charge in [-0.05, 0) is 30.9 Å². The van der Waals surface area contributed by atoms with E-state index in [2.05, 4.69) is 10.6 Å². The van der Waals surface area contributed by atoms with Gasteiger partial charge in [0, 0.05) is 12.5 Å². The summed E-state index contributed by atoms with van der Waals surface area (Å²) >= 11 is 1.25. The number of carbonyl (C=O) groups is 2. The molecule has 1 heterocycles. The Balaban J connectivity index is 1.84. The zero-order chi connectivity index (χ0) is 14.7. The first-order valence-corrected chi connectivity index (χ1v) is 7.66. The Hall–Kier alpha value is -1.40. The van der Waals surface area contributed by atoms with E-state index >= 15 is 0 Å². The average molecular weight is 296 g/mol. The van der Waals surface area contributed by atoms with Crippen LogP contribution in [0.4, 0.5) is 5.00 Å². The topological polar surface area (TPSA) is 78.4 Å². The minimum absolute atomic E-state index is 0.0361. The van der Waals surface area contributed by atoms with Crippen LogP contribution in [-0.4, -0.2) is 29.6 Å². The third kappa shape index (κ3) is 4.05. The van der Waals surface area contributed by atoms with Gasteiger partial charge in [0.1, 0.15) is 0 Å². The number of anilines is 1. The lowest BCUT2D eigenvalue weighted by atomic mass is 10.1. The quantitative estimate of drug-likeness (QED) is 0.749. The van der Waals surface area contributed by atoms with Gasteiger partial charge in [0.25, 0.3) is 5.91 Å². The highest BCUT2D eigenvalue weighted by Crippen LogP contribution is 2.31. The van der Waals surface area contributed by atoms with Crippen molar-refractivity contribution in [2.45, 2.75) is 32.8 Å². The summed E-state index contributed by atoms with van der Waals surface area (Å²) in [4.78, 5) is 24.0. The Bertz CT molecular complexity index is 494. The second kappa shape index (κ2) is 6.37. The van der Waals surface area contributed by atoms with Gasteiger partial charge in [-0.1, -0.05) is 13.8 Å². The molecular weight excluding hydrogens is 276 g/mol. The molecule has 3 N–H and O–H groups in total. The first kappa shape index (κ1) is 15.0. The van der Waals surface area contributed by atoms with E-state index in [4.69, 9.17) is 0 Å². The van der Waals surface area contributed by atoms with Gasteiger partial charge in [0.15, 0.2) is 0 Å². The molecule has 1 fully saturated rings. The Morgan fingerprint density at radius 1 is 1.40 bits per heavy atom. The fourth-order valence-electron chi connectivity index (χ4n) is 1.62. The summed E-state index contributed by atoms with van der Waals surface area (Å²) in [5.41, 5.74) is 0. The van der Waals surface area contributed by atoms with Crippen LogP contribution in [0.3, 0.4) is 0 Å². The van der Waals surface area contributed by atoms with Crippen molar-refractivity contribution in [3.63, 3.8) is 0 Å². The van der Waals surface area contributed by atoms with Crippen molar-refractivity contribution in [1.29, 1.82) is 0 Å². The van der Waals surface area contributed by atoms with Crippen LogP contribution >= 0.6 is 11.3 Å². The molecule has 5 nitrogen and oxygen atoms in total. The number of aliphatic hydroxyl groups excluding tert-OH is 1. The Labute approximate surface area is 122 Å². The molecule has 0 aliphatic heterocycles. The van der Waals surface area contributed by atoms with Crippen LogP contribution in [0.1, 0.15) is 36.4 Å². The van der Waals surface area contributed by atoms with Crippen molar-refractivity contribution >= 4 is 28.2 Å². The highest BCUT2D eigenvalue weighted by Gasteiger charge is 2.29. The van der Waals surface area contributed by atoms with E-state index in [1.54, 1.807) is 12.1 Å². The van der Waals surface area contributed by atoms with Gasteiger partial charge >= 0.3 is 0 Å². The second-order valence-corrected chi connectivity index (χ2v) is 6.53. The van der Waals surface area contributed by atoms with Crippen molar-refractivity contribution in [1.82, 2.24) is 5.32 Å². The first-order chi connectivity index (χ1) is 9.47. The summed E-state index contributed by atoms with van der Waals surface area (Å²) in [7, 11) is 0. The summed E-state index contributed by atoms with van der Waals surface area (Å²) in [6, 6.07) is 3.42. The van der Waals surface area contributed by atoms with E-state index in [-0.39, 0.29) is 30.2 Å². The lowest BCUT2D eigenvalue weighted by molar-refractivity contribution is -0.117. The van der Waals surface area contributed by atoms with E-state index in [0.717, 1.165) is 12.8 Å². The van der Waals surface area contributed by atoms with Crippen LogP contribution in [0, 0.1) is 11.8 Å². The van der Waals surface area contributed by atoms with Gasteiger partial charge < -0.3 is 15.7 Å². The lowest BCUT2D eigenvalue weighted by Crippen LogP contribution is -2.34. The molecule has 1 aliphatic carbocycles. The van der Waals surface area contributed by atoms with Crippen molar-refractivity contribution in [3.05, 3.63) is 17.0 Å². The normalized spacial score (nSPS) is 16.0. The molecule has 0 radical (unpaired) electrons. The van der Waals surface area contributed by atoms with E-state index in [9.17, 15) is 14.7 Å². The second-order valence-electron chi connectivity index (χ2n) is 5.45. The molecule has 0 spiro atoms. The van der Waals surface area contributed by atoms with Gasteiger partial charge in [-0.15, -0.1) is 11.3 Å². The van der Waals surface area contributed by atoms with Crippen molar-refractivity contribution < 1.29 is 14.7 Å². The minimum Gasteiger partial charge on any atom is -0.391 e. The number of aliphatic hydroxyl groups is 1. The predicted molar refractivity (Wildman–Crippen MR) is 78.9 cm³/mol. The summed E-state index contributed by atoms with van der Waals surface area (Å²) in [5, 5.41) is 15.8. The Kier molecular flexibility index (Phi) is 4.77. The highest BCUT2D eigenvalue weighted by atomic mass is 32.1. The fraction of sp³-hybridized carbons (Fsp3) is 0.571. The molecule has 1 unspecified atom stereocenters. The maximum atomic E-state index is 11.9. The zero-order valence-electron chi connectivity index (χ0n) is 11.7. The molecule has 1 saturated carbocycles. The Morgan fingerprint density at radius 2 is 2.10 bits per heavy atom. The van der Waals surface area contributed by atoms with Crippen molar-refractivity contribution in [2.24, 2.45) is 11.8 Å². The molecule has 2 rings (SSSR count). The van der Waals surface area contributed by atoms with Crippen LogP contribution < -0.4 is 10.6 Å². The lowest BCUT2D eigenvalue weighted by Gasteiger charge is -2.14. The first-order valence-electron chi connectivity index (χ1n) is 6.84. The molecule has 0 bridgehead atoms. The number of carbonyl (C=O) groups excluding carboxylic acids is 2. The standard InChI is InChI=1S/C14H20N2O3S/c1-8(2)10(17)7-15-14(19)11-5-6-12(20-11)16-13(18)9-3-4-9/h5-6,8-10,17H,3-4,7H2,1-2H3,(H,15,19)(H,16,18). The number of nitrogens with one attached hydrogen (secondary N) is 2. The summed E-state index contributed by atoms with van der Waals surface area (Å²) in [6.07, 6.45) is 1.36. The van der Waals surface area contributed by atoms with Gasteiger partial charge in [-0.2, -0.15) is 0 Å². The van der Waals surface area contributed by atoms with Crippen molar-refractivity contribution in [2.75, 3.05) is 11.9 Å². The average Bonchev–Trinajstić information content (AvgIpc) is 3.16. The molecular formula is C14H20N2O3S. The van der Waals surface area contributed by atoms with Crippen LogP contribution in [0.25, 0.3) is 0 Å². The van der Waals surface area contributed by atoms with Gasteiger partial charge in [0.2, 0.25) is 5.91 Å². The molecule has 6 heteroatoms. The van der Waals surface area contributed by atoms with Crippen LogP contribution in [0.2, 0.25) is 0 Å². The molecule has 1 aliphatic rings. The van der Waals surface area contributed by atoms with E-state index in [1.807, 2.05) is 13.8 Å². The predicted octanol–water partition coefficient (Wildman–Crippen LogP) is 1.84. The van der Waals surface area contributed by atoms with Gasteiger partial charge in [-0.25, -0.2) is 0 Å². The molecule has 2 amide bonds. The SMILES string of the molecule is CC(C)C(O)CNC(=O)c1ccc(NC(=O)C2CC2)s1. The molecule has 0 aromatic carbocycles. The van der Waals surface area contributed by atoms with Gasteiger partial charge in [0.05, 0.1) is 16.0 Å². The van der Waals surface area contributed by atoms with E-state index in [1.165, 1.54) is 11.3 Å². The molecule has 1 aromatic heterocycles. The van der Waals surface area contributed by atoms with Crippen molar-refractivity contribution in [3.8, 4) is 0 Å². The molecule has 20 heavy (non-hydrogen) atoms. The molecule has 1 atom stereocenters. The molecule has 1 aromatic rings. The molecule has 110 valence electrons. The summed E-state index contributed by atoms with van der Waals surface area (Å²) in [6.45, 7) is 4.03. The minimum atomic E-state index is -0.548. The van der Waals surface area contributed by atoms with Crippen LogP contribution in [0.5, 0.6) is 0 Å². The third-order valence-electron chi connectivity index (χ3n) is 3.27. The molecule has 0 saturated heterocycles. The third-order valence-corrected chi connectivity index (χ3v) is 4.27. The van der Waals surface area contributed by atoms with E-state index < -0.39 is 6.10 Å². The maximum absolute atomic E-state index is 11.9. The number of hydrogen-bond acceptors (Lipinski definition) is 4. The maximum Gasteiger partial charge on any atom is 0.261 e. The highest BCUT2D eigenvalue weighted by molar-refractivity contribution is 7.18. The number of hydrogen-bond donors (Lipinski definition) is 3. The smallest absolute Gasteiger partial charge is 0.261 e. The number of rotatable bonds is 6. The van der Waals surface area contributed by atoms with Crippen LogP contribution in [0.15, 0.2) is 12.1 Å². The van der Waals surface area contributed by atoms with Crippen LogP contribution in [-0.2, 0) is 4.79 Å².